The molecule has 1 aromatic heterocycles. The lowest BCUT2D eigenvalue weighted by atomic mass is 10.1. The Morgan fingerprint density at radius 1 is 1.11 bits per heavy atom. The maximum atomic E-state index is 7.05. The van der Waals surface area contributed by atoms with Crippen molar-refractivity contribution in [2.45, 2.75) is 0 Å². The average molecular weight is 248 g/mol. The minimum atomic E-state index is 0.651. The van der Waals surface area contributed by atoms with E-state index in [4.69, 9.17) is 11.3 Å². The third kappa shape index (κ3) is 1.94. The summed E-state index contributed by atoms with van der Waals surface area (Å²) in [7, 11) is 1.67. The topological polar surface area (TPSA) is 29.4 Å². The molecule has 1 N–H and O–H groups in total. The number of H-pyrrole nitrogens is 1. The second-order valence-electron chi connectivity index (χ2n) is 4.27. The van der Waals surface area contributed by atoms with Gasteiger partial charge in [0.05, 0.1) is 19.4 Å². The summed E-state index contributed by atoms with van der Waals surface area (Å²) in [5, 5.41) is 1.04. The molecule has 3 heteroatoms. The molecule has 3 nitrogen and oxygen atoms in total. The number of fused-ring (bicyclic) bond motifs is 1. The lowest BCUT2D eigenvalue weighted by Gasteiger charge is -2.05. The number of benzene rings is 2. The Morgan fingerprint density at radius 3 is 2.74 bits per heavy atom. The van der Waals surface area contributed by atoms with Crippen molar-refractivity contribution < 1.29 is 4.74 Å². The van der Waals surface area contributed by atoms with Gasteiger partial charge in [-0.05, 0) is 35.7 Å². The molecule has 0 saturated heterocycles. The molecule has 0 fully saturated rings. The molecule has 2 aromatic carbocycles. The lowest BCUT2D eigenvalue weighted by Crippen LogP contribution is -1.86. The van der Waals surface area contributed by atoms with E-state index in [2.05, 4.69) is 9.83 Å². The van der Waals surface area contributed by atoms with E-state index in [9.17, 15) is 0 Å². The van der Waals surface area contributed by atoms with Crippen LogP contribution in [0.25, 0.3) is 27.0 Å². The van der Waals surface area contributed by atoms with Crippen LogP contribution in [0.15, 0.2) is 48.5 Å². The first-order valence-corrected chi connectivity index (χ1v) is 5.95. The van der Waals surface area contributed by atoms with E-state index in [0.717, 1.165) is 27.9 Å². The number of hydrogen-bond acceptors (Lipinski definition) is 1. The van der Waals surface area contributed by atoms with Crippen molar-refractivity contribution in [3.63, 3.8) is 0 Å². The molecule has 0 aliphatic carbocycles. The molecule has 0 radical (unpaired) electrons. The van der Waals surface area contributed by atoms with Gasteiger partial charge in [0.1, 0.15) is 5.75 Å². The SMILES string of the molecule is [C-]#[N+]c1ccc2[nH]c(-c3ccccc3OC)cc2c1. The predicted octanol–water partition coefficient (Wildman–Crippen LogP) is 4.39. The van der Waals surface area contributed by atoms with Crippen molar-refractivity contribution in [2.24, 2.45) is 0 Å². The molecule has 0 bridgehead atoms. The van der Waals surface area contributed by atoms with Gasteiger partial charge < -0.3 is 9.72 Å². The third-order valence-electron chi connectivity index (χ3n) is 3.13. The highest BCUT2D eigenvalue weighted by molar-refractivity contribution is 5.89. The Hall–Kier alpha value is -2.73. The maximum Gasteiger partial charge on any atom is 0.187 e. The molecule has 3 aromatic rings. The third-order valence-corrected chi connectivity index (χ3v) is 3.13. The van der Waals surface area contributed by atoms with Crippen molar-refractivity contribution in [3.05, 3.63) is 59.9 Å². The first-order valence-electron chi connectivity index (χ1n) is 5.95. The van der Waals surface area contributed by atoms with Crippen LogP contribution in [-0.4, -0.2) is 12.1 Å². The average Bonchev–Trinajstić information content (AvgIpc) is 2.89. The van der Waals surface area contributed by atoms with Gasteiger partial charge in [0.15, 0.2) is 5.69 Å². The Balaban J connectivity index is 2.18. The number of rotatable bonds is 2. The summed E-state index contributed by atoms with van der Waals surface area (Å²) in [6, 6.07) is 15.6. The zero-order valence-corrected chi connectivity index (χ0v) is 10.5. The van der Waals surface area contributed by atoms with Crippen molar-refractivity contribution in [2.75, 3.05) is 7.11 Å². The number of methoxy groups -OCH3 is 1. The molecule has 92 valence electrons. The van der Waals surface area contributed by atoms with Crippen LogP contribution in [-0.2, 0) is 0 Å². The van der Waals surface area contributed by atoms with Crippen LogP contribution >= 0.6 is 0 Å². The normalized spacial score (nSPS) is 10.3. The highest BCUT2D eigenvalue weighted by Gasteiger charge is 2.08. The van der Waals surface area contributed by atoms with E-state index in [1.54, 1.807) is 7.11 Å². The second kappa shape index (κ2) is 4.51. The van der Waals surface area contributed by atoms with Gasteiger partial charge in [0, 0.05) is 11.1 Å². The molecular weight excluding hydrogens is 236 g/mol. The number of nitrogens with zero attached hydrogens (tertiary/aromatic N) is 1. The number of nitrogens with one attached hydrogen (secondary N) is 1. The first-order chi connectivity index (χ1) is 9.31. The lowest BCUT2D eigenvalue weighted by molar-refractivity contribution is 0.416. The highest BCUT2D eigenvalue weighted by atomic mass is 16.5. The summed E-state index contributed by atoms with van der Waals surface area (Å²) < 4.78 is 5.37. The van der Waals surface area contributed by atoms with Crippen molar-refractivity contribution in [1.29, 1.82) is 0 Å². The van der Waals surface area contributed by atoms with E-state index in [1.807, 2.05) is 48.5 Å². The van der Waals surface area contributed by atoms with E-state index in [0.29, 0.717) is 5.69 Å². The van der Waals surface area contributed by atoms with Gasteiger partial charge in [-0.2, -0.15) is 0 Å². The molecule has 0 aliphatic rings. The standard InChI is InChI=1S/C16H12N2O/c1-17-12-7-8-14-11(9-12)10-15(18-14)13-5-3-4-6-16(13)19-2/h3-10,18H,2H3. The van der Waals surface area contributed by atoms with Crippen LogP contribution in [0.2, 0.25) is 0 Å². The Labute approximate surface area is 111 Å². The fourth-order valence-corrected chi connectivity index (χ4v) is 2.20. The van der Waals surface area contributed by atoms with Crippen LogP contribution in [0.1, 0.15) is 0 Å². The van der Waals surface area contributed by atoms with Crippen LogP contribution < -0.4 is 4.74 Å². The van der Waals surface area contributed by atoms with Gasteiger partial charge in [-0.3, -0.25) is 0 Å². The van der Waals surface area contributed by atoms with E-state index in [-0.39, 0.29) is 0 Å². The summed E-state index contributed by atoms with van der Waals surface area (Å²) in [4.78, 5) is 6.80. The molecule has 0 atom stereocenters. The maximum absolute atomic E-state index is 7.05. The zero-order valence-electron chi connectivity index (χ0n) is 10.5. The smallest absolute Gasteiger partial charge is 0.187 e. The summed E-state index contributed by atoms with van der Waals surface area (Å²) >= 11 is 0. The molecule has 19 heavy (non-hydrogen) atoms. The molecule has 0 amide bonds. The predicted molar refractivity (Wildman–Crippen MR) is 76.5 cm³/mol. The monoisotopic (exact) mass is 248 g/mol. The zero-order chi connectivity index (χ0) is 13.2. The largest absolute Gasteiger partial charge is 0.496 e. The van der Waals surface area contributed by atoms with Crippen molar-refractivity contribution in [3.8, 4) is 17.0 Å². The van der Waals surface area contributed by atoms with Gasteiger partial charge in [0.2, 0.25) is 0 Å². The van der Waals surface area contributed by atoms with Gasteiger partial charge in [-0.1, -0.05) is 18.2 Å². The number of aromatic nitrogens is 1. The fraction of sp³-hybridized carbons (Fsp3) is 0.0625. The van der Waals surface area contributed by atoms with E-state index >= 15 is 0 Å². The van der Waals surface area contributed by atoms with E-state index < -0.39 is 0 Å². The molecular formula is C16H12N2O. The summed E-state index contributed by atoms with van der Waals surface area (Å²) in [5.41, 5.74) is 3.69. The Kier molecular flexibility index (Phi) is 2.70. The van der Waals surface area contributed by atoms with Crippen LogP contribution in [0.5, 0.6) is 5.75 Å². The van der Waals surface area contributed by atoms with Gasteiger partial charge in [-0.25, -0.2) is 4.85 Å². The molecule has 0 aliphatic heterocycles. The Morgan fingerprint density at radius 2 is 1.95 bits per heavy atom. The summed E-state index contributed by atoms with van der Waals surface area (Å²) in [5.74, 6) is 0.833. The number of para-hydroxylation sites is 1. The summed E-state index contributed by atoms with van der Waals surface area (Å²) in [6.45, 7) is 7.05. The molecule has 0 spiro atoms. The van der Waals surface area contributed by atoms with Crippen LogP contribution in [0.4, 0.5) is 5.69 Å². The minimum absolute atomic E-state index is 0.651. The summed E-state index contributed by atoms with van der Waals surface area (Å²) in [6.07, 6.45) is 0. The minimum Gasteiger partial charge on any atom is -0.496 e. The van der Waals surface area contributed by atoms with E-state index in [1.165, 1.54) is 0 Å². The quantitative estimate of drug-likeness (QED) is 0.669. The molecule has 0 unspecified atom stereocenters. The van der Waals surface area contributed by atoms with Gasteiger partial charge in [0.25, 0.3) is 0 Å². The number of hydrogen-bond donors (Lipinski definition) is 1. The second-order valence-corrected chi connectivity index (χ2v) is 4.27. The number of ether oxygens (including phenoxy) is 1. The Bertz CT molecular complexity index is 781. The van der Waals surface area contributed by atoms with Gasteiger partial charge >= 0.3 is 0 Å². The van der Waals surface area contributed by atoms with Crippen LogP contribution in [0, 0.1) is 6.57 Å². The molecule has 1 heterocycles. The highest BCUT2D eigenvalue weighted by Crippen LogP contribution is 2.32. The van der Waals surface area contributed by atoms with Gasteiger partial charge in [-0.15, -0.1) is 0 Å². The number of aromatic amines is 1. The van der Waals surface area contributed by atoms with Crippen molar-refractivity contribution >= 4 is 16.6 Å². The van der Waals surface area contributed by atoms with Crippen LogP contribution in [0.3, 0.4) is 0 Å². The molecule has 0 saturated carbocycles. The van der Waals surface area contributed by atoms with Crippen molar-refractivity contribution in [1.82, 2.24) is 4.98 Å². The first kappa shape index (κ1) is 11.4. The fourth-order valence-electron chi connectivity index (χ4n) is 2.20. The molecule has 3 rings (SSSR count).